The monoisotopic (exact) mass is 273 g/mol. The van der Waals surface area contributed by atoms with Crippen molar-refractivity contribution in [1.29, 1.82) is 0 Å². The van der Waals surface area contributed by atoms with Gasteiger partial charge >= 0.3 is 0 Å². The number of aryl methyl sites for hydroxylation is 1. The van der Waals surface area contributed by atoms with Crippen LogP contribution < -0.4 is 10.5 Å². The summed E-state index contributed by atoms with van der Waals surface area (Å²) >= 11 is 1.80. The molecule has 0 fully saturated rings. The summed E-state index contributed by atoms with van der Waals surface area (Å²) in [5.41, 5.74) is 9.05. The van der Waals surface area contributed by atoms with Gasteiger partial charge in [0.2, 0.25) is 0 Å². The van der Waals surface area contributed by atoms with Crippen LogP contribution in [0.4, 0.5) is 5.69 Å². The summed E-state index contributed by atoms with van der Waals surface area (Å²) in [6.45, 7) is 4.76. The molecule has 0 radical (unpaired) electrons. The molecular formula is C16H19NOS. The average Bonchev–Trinajstić information content (AvgIpc) is 2.41. The summed E-state index contributed by atoms with van der Waals surface area (Å²) in [7, 11) is 0. The third kappa shape index (κ3) is 3.93. The molecule has 0 aromatic heterocycles. The van der Waals surface area contributed by atoms with Crippen LogP contribution in [-0.2, 0) is 5.75 Å². The van der Waals surface area contributed by atoms with Gasteiger partial charge < -0.3 is 10.5 Å². The number of hydrogen-bond donors (Lipinski definition) is 1. The van der Waals surface area contributed by atoms with E-state index in [4.69, 9.17) is 10.5 Å². The Morgan fingerprint density at radius 1 is 1.11 bits per heavy atom. The molecule has 0 saturated carbocycles. The van der Waals surface area contributed by atoms with Gasteiger partial charge in [0.05, 0.1) is 6.61 Å². The minimum atomic E-state index is 0.673. The van der Waals surface area contributed by atoms with E-state index in [-0.39, 0.29) is 0 Å². The summed E-state index contributed by atoms with van der Waals surface area (Å²) in [6, 6.07) is 14.4. The van der Waals surface area contributed by atoms with E-state index in [0.29, 0.717) is 6.61 Å². The smallest absolute Gasteiger partial charge is 0.123 e. The second kappa shape index (κ2) is 6.53. The second-order valence-electron chi connectivity index (χ2n) is 4.40. The van der Waals surface area contributed by atoms with Crippen molar-refractivity contribution in [1.82, 2.24) is 0 Å². The number of rotatable bonds is 5. The number of ether oxygens (including phenoxy) is 1. The summed E-state index contributed by atoms with van der Waals surface area (Å²) < 4.78 is 5.63. The van der Waals surface area contributed by atoms with E-state index in [1.54, 1.807) is 11.8 Å². The summed E-state index contributed by atoms with van der Waals surface area (Å²) in [4.78, 5) is 1.26. The van der Waals surface area contributed by atoms with Crippen molar-refractivity contribution in [3.05, 3.63) is 53.6 Å². The number of nitrogens with two attached hydrogens (primary N) is 1. The van der Waals surface area contributed by atoms with Gasteiger partial charge in [-0.05, 0) is 44.2 Å². The average molecular weight is 273 g/mol. The fraction of sp³-hybridized carbons (Fsp3) is 0.250. The molecule has 0 saturated heterocycles. The number of thioether (sulfide) groups is 1. The predicted molar refractivity (Wildman–Crippen MR) is 82.8 cm³/mol. The van der Waals surface area contributed by atoms with Crippen LogP contribution in [0.1, 0.15) is 18.1 Å². The summed E-state index contributed by atoms with van der Waals surface area (Å²) in [6.07, 6.45) is 0. The van der Waals surface area contributed by atoms with E-state index in [2.05, 4.69) is 31.2 Å². The zero-order valence-electron chi connectivity index (χ0n) is 11.3. The Kier molecular flexibility index (Phi) is 4.74. The molecule has 0 aliphatic carbocycles. The second-order valence-corrected chi connectivity index (χ2v) is 5.45. The normalized spacial score (nSPS) is 10.4. The topological polar surface area (TPSA) is 35.2 Å². The third-order valence-electron chi connectivity index (χ3n) is 2.80. The SMILES string of the molecule is CCOc1ccc(N)cc1CSc1ccc(C)cc1. The molecule has 0 atom stereocenters. The van der Waals surface area contributed by atoms with Crippen LogP contribution in [-0.4, -0.2) is 6.61 Å². The number of nitrogen functional groups attached to an aromatic ring is 1. The van der Waals surface area contributed by atoms with Gasteiger partial charge in [-0.25, -0.2) is 0 Å². The standard InChI is InChI=1S/C16H19NOS/c1-3-18-16-9-6-14(17)10-13(16)11-19-15-7-4-12(2)5-8-15/h4-10H,3,11,17H2,1-2H3. The number of anilines is 1. The third-order valence-corrected chi connectivity index (χ3v) is 3.86. The lowest BCUT2D eigenvalue weighted by molar-refractivity contribution is 0.337. The Morgan fingerprint density at radius 3 is 2.53 bits per heavy atom. The number of hydrogen-bond acceptors (Lipinski definition) is 3. The Labute approximate surface area is 119 Å². The first-order chi connectivity index (χ1) is 9.19. The van der Waals surface area contributed by atoms with Crippen LogP contribution in [0.5, 0.6) is 5.75 Å². The van der Waals surface area contributed by atoms with Crippen molar-refractivity contribution < 1.29 is 4.74 Å². The van der Waals surface area contributed by atoms with Gasteiger partial charge in [0, 0.05) is 21.9 Å². The van der Waals surface area contributed by atoms with Crippen LogP contribution >= 0.6 is 11.8 Å². The van der Waals surface area contributed by atoms with Crippen molar-refractivity contribution in [2.45, 2.75) is 24.5 Å². The molecule has 3 heteroatoms. The molecule has 2 aromatic carbocycles. The van der Waals surface area contributed by atoms with E-state index >= 15 is 0 Å². The first-order valence-electron chi connectivity index (χ1n) is 6.39. The summed E-state index contributed by atoms with van der Waals surface area (Å²) in [5, 5.41) is 0. The van der Waals surface area contributed by atoms with Gasteiger partial charge in [-0.2, -0.15) is 0 Å². The largest absolute Gasteiger partial charge is 0.494 e. The van der Waals surface area contributed by atoms with E-state index in [1.807, 2.05) is 25.1 Å². The quantitative estimate of drug-likeness (QED) is 0.652. The van der Waals surface area contributed by atoms with E-state index in [9.17, 15) is 0 Å². The van der Waals surface area contributed by atoms with Crippen molar-refractivity contribution in [2.75, 3.05) is 12.3 Å². The fourth-order valence-electron chi connectivity index (χ4n) is 1.80. The molecule has 0 unspecified atom stereocenters. The molecule has 0 spiro atoms. The van der Waals surface area contributed by atoms with E-state index < -0.39 is 0 Å². The molecular weight excluding hydrogens is 254 g/mol. The highest BCUT2D eigenvalue weighted by Gasteiger charge is 2.05. The van der Waals surface area contributed by atoms with Gasteiger partial charge in [0.1, 0.15) is 5.75 Å². The van der Waals surface area contributed by atoms with E-state index in [1.165, 1.54) is 10.5 Å². The van der Waals surface area contributed by atoms with Crippen molar-refractivity contribution in [3.63, 3.8) is 0 Å². The van der Waals surface area contributed by atoms with Crippen molar-refractivity contribution in [2.24, 2.45) is 0 Å². The molecule has 100 valence electrons. The minimum absolute atomic E-state index is 0.673. The molecule has 0 amide bonds. The summed E-state index contributed by atoms with van der Waals surface area (Å²) in [5.74, 6) is 1.79. The Morgan fingerprint density at radius 2 is 1.84 bits per heavy atom. The van der Waals surface area contributed by atoms with Gasteiger partial charge in [-0.15, -0.1) is 11.8 Å². The maximum Gasteiger partial charge on any atom is 0.123 e. The first-order valence-corrected chi connectivity index (χ1v) is 7.38. The molecule has 0 aliphatic rings. The molecule has 0 bridgehead atoms. The van der Waals surface area contributed by atoms with Crippen LogP contribution in [0.15, 0.2) is 47.4 Å². The zero-order chi connectivity index (χ0) is 13.7. The van der Waals surface area contributed by atoms with Crippen LogP contribution in [0.2, 0.25) is 0 Å². The molecule has 19 heavy (non-hydrogen) atoms. The van der Waals surface area contributed by atoms with Gasteiger partial charge in [0.15, 0.2) is 0 Å². The predicted octanol–water partition coefficient (Wildman–Crippen LogP) is 4.27. The lowest BCUT2D eigenvalue weighted by atomic mass is 10.2. The first kappa shape index (κ1) is 13.8. The highest BCUT2D eigenvalue weighted by molar-refractivity contribution is 7.98. The molecule has 2 N–H and O–H groups in total. The maximum atomic E-state index is 5.85. The van der Waals surface area contributed by atoms with Crippen molar-refractivity contribution >= 4 is 17.4 Å². The van der Waals surface area contributed by atoms with Gasteiger partial charge in [0.25, 0.3) is 0 Å². The van der Waals surface area contributed by atoms with Crippen LogP contribution in [0.25, 0.3) is 0 Å². The Balaban J connectivity index is 2.09. The number of benzene rings is 2. The zero-order valence-corrected chi connectivity index (χ0v) is 12.2. The lowest BCUT2D eigenvalue weighted by Crippen LogP contribution is -1.97. The molecule has 2 nitrogen and oxygen atoms in total. The minimum Gasteiger partial charge on any atom is -0.494 e. The molecule has 2 rings (SSSR count). The van der Waals surface area contributed by atoms with E-state index in [0.717, 1.165) is 22.8 Å². The molecule has 0 heterocycles. The van der Waals surface area contributed by atoms with Crippen LogP contribution in [0.3, 0.4) is 0 Å². The Hall–Kier alpha value is -1.61. The highest BCUT2D eigenvalue weighted by atomic mass is 32.2. The molecule has 0 aliphatic heterocycles. The molecule has 2 aromatic rings. The highest BCUT2D eigenvalue weighted by Crippen LogP contribution is 2.29. The van der Waals surface area contributed by atoms with Gasteiger partial charge in [-0.3, -0.25) is 0 Å². The lowest BCUT2D eigenvalue weighted by Gasteiger charge is -2.11. The van der Waals surface area contributed by atoms with Crippen LogP contribution in [0, 0.1) is 6.92 Å². The van der Waals surface area contributed by atoms with Crippen molar-refractivity contribution in [3.8, 4) is 5.75 Å². The maximum absolute atomic E-state index is 5.85. The Bertz CT molecular complexity index is 537. The fourth-order valence-corrected chi connectivity index (χ4v) is 2.68. The van der Waals surface area contributed by atoms with Gasteiger partial charge in [-0.1, -0.05) is 17.7 Å².